The highest BCUT2D eigenvalue weighted by molar-refractivity contribution is 7.47. The van der Waals surface area contributed by atoms with Crippen LogP contribution in [0.15, 0.2) is 0 Å². The predicted octanol–water partition coefficient (Wildman–Crippen LogP) is 22.3. The molecule has 3 N–H and O–H groups in total. The van der Waals surface area contributed by atoms with Crippen molar-refractivity contribution in [2.45, 2.75) is 413 Å². The van der Waals surface area contributed by atoms with Gasteiger partial charge in [-0.25, -0.2) is 9.13 Å². The molecule has 95 heavy (non-hydrogen) atoms. The molecule has 0 amide bonds. The lowest BCUT2D eigenvalue weighted by Gasteiger charge is -2.21. The summed E-state index contributed by atoms with van der Waals surface area (Å²) in [6, 6.07) is 0. The third-order valence-electron chi connectivity index (χ3n) is 18.1. The monoisotopic (exact) mass is 1400 g/mol. The molecule has 0 radical (unpaired) electrons. The Kier molecular flexibility index (Phi) is 66.5. The van der Waals surface area contributed by atoms with Crippen molar-refractivity contribution in [3.05, 3.63) is 0 Å². The van der Waals surface area contributed by atoms with Gasteiger partial charge in [0.1, 0.15) is 19.3 Å². The van der Waals surface area contributed by atoms with E-state index in [-0.39, 0.29) is 25.7 Å². The molecule has 0 aromatic carbocycles. The highest BCUT2D eigenvalue weighted by atomic mass is 31.2. The van der Waals surface area contributed by atoms with Crippen LogP contribution in [0.5, 0.6) is 0 Å². The molecule has 17 nitrogen and oxygen atoms in total. The van der Waals surface area contributed by atoms with Crippen molar-refractivity contribution in [1.82, 2.24) is 0 Å². The fraction of sp³-hybridized carbons (Fsp3) is 0.947. The second-order valence-corrected chi connectivity index (χ2v) is 31.0. The molecule has 0 saturated heterocycles. The summed E-state index contributed by atoms with van der Waals surface area (Å²) in [7, 11) is -9.91. The Hall–Kier alpha value is -1.94. The summed E-state index contributed by atoms with van der Waals surface area (Å²) >= 11 is 0. The topological polar surface area (TPSA) is 237 Å². The van der Waals surface area contributed by atoms with Gasteiger partial charge in [0.05, 0.1) is 26.4 Å². The maximum Gasteiger partial charge on any atom is 0.472 e. The smallest absolute Gasteiger partial charge is 0.462 e. The first-order valence-electron chi connectivity index (χ1n) is 39.5. The average molecular weight is 1400 g/mol. The van der Waals surface area contributed by atoms with Gasteiger partial charge in [-0.05, 0) is 37.5 Å². The molecule has 0 saturated carbocycles. The predicted molar refractivity (Wildman–Crippen MR) is 386 cm³/mol. The van der Waals surface area contributed by atoms with Gasteiger partial charge in [0.25, 0.3) is 0 Å². The maximum atomic E-state index is 13.1. The molecular formula is C76H148O17P2. The number of aliphatic hydroxyl groups is 1. The molecule has 0 heterocycles. The van der Waals surface area contributed by atoms with Gasteiger partial charge in [0.2, 0.25) is 0 Å². The number of phosphoric ester groups is 2. The van der Waals surface area contributed by atoms with Gasteiger partial charge in [0.15, 0.2) is 12.2 Å². The summed E-state index contributed by atoms with van der Waals surface area (Å²) in [4.78, 5) is 72.8. The molecule has 0 aliphatic carbocycles. The van der Waals surface area contributed by atoms with E-state index in [0.717, 1.165) is 102 Å². The molecule has 19 heteroatoms. The van der Waals surface area contributed by atoms with Crippen molar-refractivity contribution in [3.63, 3.8) is 0 Å². The largest absolute Gasteiger partial charge is 0.472 e. The Labute approximate surface area is 581 Å². The molecule has 564 valence electrons. The van der Waals surface area contributed by atoms with E-state index in [0.29, 0.717) is 25.7 Å². The molecule has 0 aliphatic heterocycles. The Bertz CT molecular complexity index is 1840. The van der Waals surface area contributed by atoms with E-state index in [1.165, 1.54) is 212 Å². The van der Waals surface area contributed by atoms with Gasteiger partial charge in [-0.3, -0.25) is 37.3 Å². The number of carbonyl (C=O) groups excluding carboxylic acids is 4. The number of ether oxygens (including phenoxy) is 4. The van der Waals surface area contributed by atoms with E-state index in [9.17, 15) is 43.2 Å². The van der Waals surface area contributed by atoms with Gasteiger partial charge in [-0.15, -0.1) is 0 Å². The minimum atomic E-state index is -4.96. The van der Waals surface area contributed by atoms with E-state index in [4.69, 9.17) is 37.0 Å². The lowest BCUT2D eigenvalue weighted by Crippen LogP contribution is -2.30. The van der Waals surface area contributed by atoms with E-state index in [2.05, 4.69) is 41.5 Å². The van der Waals surface area contributed by atoms with Gasteiger partial charge in [-0.1, -0.05) is 343 Å². The third-order valence-corrected chi connectivity index (χ3v) is 20.0. The maximum absolute atomic E-state index is 13.1. The number of aliphatic hydroxyl groups excluding tert-OH is 1. The molecule has 3 unspecified atom stereocenters. The summed E-state index contributed by atoms with van der Waals surface area (Å²) in [6.07, 6.45) is 55.2. The zero-order valence-corrected chi connectivity index (χ0v) is 63.8. The van der Waals surface area contributed by atoms with Gasteiger partial charge < -0.3 is 33.8 Å². The molecule has 0 bridgehead atoms. The number of carbonyl (C=O) groups is 4. The molecule has 6 atom stereocenters. The summed E-state index contributed by atoms with van der Waals surface area (Å²) in [5, 5.41) is 10.6. The highest BCUT2D eigenvalue weighted by Gasteiger charge is 2.30. The Morgan fingerprint density at radius 1 is 0.305 bits per heavy atom. The summed E-state index contributed by atoms with van der Waals surface area (Å²) in [5.41, 5.74) is 0. The zero-order chi connectivity index (χ0) is 70.0. The summed E-state index contributed by atoms with van der Waals surface area (Å²) in [5.74, 6) is -0.508. The van der Waals surface area contributed by atoms with Crippen molar-refractivity contribution in [2.75, 3.05) is 39.6 Å². The van der Waals surface area contributed by atoms with E-state index >= 15 is 0 Å². The average Bonchev–Trinajstić information content (AvgIpc) is 3.69. The highest BCUT2D eigenvalue weighted by Crippen LogP contribution is 2.45. The van der Waals surface area contributed by atoms with Crippen LogP contribution in [0.3, 0.4) is 0 Å². The zero-order valence-electron chi connectivity index (χ0n) is 62.0. The second kappa shape index (κ2) is 67.9. The van der Waals surface area contributed by atoms with Gasteiger partial charge in [-0.2, -0.15) is 0 Å². The number of rotatable bonds is 75. The van der Waals surface area contributed by atoms with Crippen molar-refractivity contribution >= 4 is 39.5 Å². The molecule has 0 aromatic rings. The summed E-state index contributed by atoms with van der Waals surface area (Å²) in [6.45, 7) is 9.65. The molecule has 0 fully saturated rings. The van der Waals surface area contributed by atoms with Crippen LogP contribution in [-0.2, 0) is 65.4 Å². The fourth-order valence-corrected chi connectivity index (χ4v) is 13.2. The van der Waals surface area contributed by atoms with Gasteiger partial charge in [0, 0.05) is 25.7 Å². The van der Waals surface area contributed by atoms with Crippen LogP contribution < -0.4 is 0 Å². The number of unbranched alkanes of at least 4 members (excludes halogenated alkanes) is 44. The van der Waals surface area contributed by atoms with Crippen LogP contribution in [0.4, 0.5) is 0 Å². The Balaban J connectivity index is 5.26. The third kappa shape index (κ3) is 69.0. The quantitative estimate of drug-likeness (QED) is 0.0222. The number of esters is 4. The van der Waals surface area contributed by atoms with Crippen LogP contribution in [0.1, 0.15) is 395 Å². The lowest BCUT2D eigenvalue weighted by molar-refractivity contribution is -0.161. The minimum Gasteiger partial charge on any atom is -0.462 e. The second-order valence-electron chi connectivity index (χ2n) is 28.1. The molecular weight excluding hydrogens is 1250 g/mol. The number of hydrogen-bond acceptors (Lipinski definition) is 15. The first-order chi connectivity index (χ1) is 45.9. The van der Waals surface area contributed by atoms with Crippen LogP contribution in [-0.4, -0.2) is 96.7 Å². The Morgan fingerprint density at radius 2 is 0.537 bits per heavy atom. The SMILES string of the molecule is CCCCCCCCCCCCCCC(=O)OC[C@H](COP(=O)(O)OC[C@H](O)COP(=O)(O)OC[C@@H](COC(=O)CCCCCCCCCCCCC(C)CC)OC(=O)CCCCCCCCCCCCCCCCC(C)C)OC(=O)CCCCCCCCCCCCCC. The van der Waals surface area contributed by atoms with Crippen LogP contribution in [0.2, 0.25) is 0 Å². The number of hydrogen-bond donors (Lipinski definition) is 3. The van der Waals surface area contributed by atoms with Crippen molar-refractivity contribution in [1.29, 1.82) is 0 Å². The van der Waals surface area contributed by atoms with Crippen molar-refractivity contribution < 1.29 is 80.2 Å². The first-order valence-corrected chi connectivity index (χ1v) is 42.5. The van der Waals surface area contributed by atoms with Crippen molar-refractivity contribution in [2.24, 2.45) is 11.8 Å². The first kappa shape index (κ1) is 93.1. The van der Waals surface area contributed by atoms with Crippen LogP contribution in [0.25, 0.3) is 0 Å². The Morgan fingerprint density at radius 3 is 0.800 bits per heavy atom. The molecule has 0 aliphatic rings. The van der Waals surface area contributed by atoms with Crippen molar-refractivity contribution in [3.8, 4) is 0 Å². The molecule has 0 rings (SSSR count). The van der Waals surface area contributed by atoms with Gasteiger partial charge >= 0.3 is 39.5 Å². The normalized spacial score (nSPS) is 14.3. The lowest BCUT2D eigenvalue weighted by atomic mass is 9.99. The van der Waals surface area contributed by atoms with E-state index in [1.54, 1.807) is 0 Å². The molecule has 0 aromatic heterocycles. The number of phosphoric acid groups is 2. The summed E-state index contributed by atoms with van der Waals surface area (Å²) < 4.78 is 68.6. The van der Waals surface area contributed by atoms with E-state index < -0.39 is 97.5 Å². The van der Waals surface area contributed by atoms with Crippen LogP contribution >= 0.6 is 15.6 Å². The van der Waals surface area contributed by atoms with E-state index in [1.807, 2.05) is 0 Å². The fourth-order valence-electron chi connectivity index (χ4n) is 11.6. The minimum absolute atomic E-state index is 0.108. The standard InChI is InChI=1S/C76H148O17P2/c1-7-10-12-14-16-18-20-27-34-40-46-52-58-73(78)86-64-71(92-75(80)60-54-48-42-36-28-21-19-17-15-13-11-8-2)66-90-94(82,83)88-62-70(77)63-89-95(84,85)91-67-72(65-87-74(79)59-53-47-41-35-31-30-33-39-45-51-57-69(6)9-3)93-76(81)61-55-49-43-37-29-25-23-22-24-26-32-38-44-50-56-68(4)5/h68-72,77H,7-67H2,1-6H3,(H,82,83)(H,84,85)/t69?,70-,71+,72+/m0/s1. The van der Waals surface area contributed by atoms with Crippen LogP contribution in [0, 0.1) is 11.8 Å². The molecule has 0 spiro atoms.